The predicted molar refractivity (Wildman–Crippen MR) is 140 cm³/mol. The summed E-state index contributed by atoms with van der Waals surface area (Å²) in [5.41, 5.74) is 2.91. The van der Waals surface area contributed by atoms with Gasteiger partial charge in [-0.1, -0.05) is 29.8 Å². The zero-order chi connectivity index (χ0) is 26.8. The topological polar surface area (TPSA) is 109 Å². The minimum absolute atomic E-state index is 0.222. The number of benzene rings is 1. The molecule has 0 bridgehead atoms. The second-order valence-electron chi connectivity index (χ2n) is 9.52. The van der Waals surface area contributed by atoms with Crippen LogP contribution in [-0.4, -0.2) is 57.0 Å². The van der Waals surface area contributed by atoms with Crippen molar-refractivity contribution in [2.24, 2.45) is 0 Å². The van der Waals surface area contributed by atoms with Crippen molar-refractivity contribution in [1.29, 1.82) is 0 Å². The van der Waals surface area contributed by atoms with Crippen molar-refractivity contribution in [3.8, 4) is 11.3 Å². The summed E-state index contributed by atoms with van der Waals surface area (Å²) >= 11 is 6.44. The van der Waals surface area contributed by atoms with Gasteiger partial charge in [-0.2, -0.15) is 4.39 Å². The molecule has 2 unspecified atom stereocenters. The molecule has 1 fully saturated rings. The van der Waals surface area contributed by atoms with Crippen molar-refractivity contribution in [3.63, 3.8) is 0 Å². The number of fused-ring (bicyclic) bond motifs is 1. The first kappa shape index (κ1) is 26.0. The summed E-state index contributed by atoms with van der Waals surface area (Å²) < 4.78 is 18.9. The molecule has 0 radical (unpaired) electrons. The van der Waals surface area contributed by atoms with Gasteiger partial charge in [-0.25, -0.2) is 15.0 Å². The molecule has 5 rings (SSSR count). The Morgan fingerprint density at radius 3 is 2.74 bits per heavy atom. The number of carbonyl (C=O) groups excluding carboxylic acids is 2. The van der Waals surface area contributed by atoms with Crippen LogP contribution in [0.15, 0.2) is 42.6 Å². The van der Waals surface area contributed by atoms with Crippen molar-refractivity contribution >= 4 is 29.4 Å². The van der Waals surface area contributed by atoms with Crippen LogP contribution >= 0.6 is 11.6 Å². The van der Waals surface area contributed by atoms with E-state index in [4.69, 9.17) is 16.3 Å². The largest absolute Gasteiger partial charge is 0.381 e. The first-order chi connectivity index (χ1) is 18.3. The molecule has 2 aliphatic rings. The lowest BCUT2D eigenvalue weighted by Gasteiger charge is -2.25. The molecule has 4 heterocycles. The number of amides is 2. The minimum Gasteiger partial charge on any atom is -0.381 e. The minimum atomic E-state index is -0.743. The van der Waals surface area contributed by atoms with Gasteiger partial charge in [-0.3, -0.25) is 9.59 Å². The lowest BCUT2D eigenvalue weighted by molar-refractivity contribution is -0.125. The Kier molecular flexibility index (Phi) is 7.53. The van der Waals surface area contributed by atoms with Gasteiger partial charge in [0.1, 0.15) is 6.04 Å². The van der Waals surface area contributed by atoms with Gasteiger partial charge >= 0.3 is 0 Å². The molecule has 1 aromatic carbocycles. The van der Waals surface area contributed by atoms with Gasteiger partial charge in [0.25, 0.3) is 5.91 Å². The number of carbonyl (C=O) groups is 2. The van der Waals surface area contributed by atoms with Gasteiger partial charge < -0.3 is 20.3 Å². The number of rotatable bonds is 7. The molecule has 2 atom stereocenters. The Labute approximate surface area is 224 Å². The van der Waals surface area contributed by atoms with Crippen molar-refractivity contribution in [3.05, 3.63) is 70.4 Å². The van der Waals surface area contributed by atoms with Gasteiger partial charge in [-0.05, 0) is 50.5 Å². The number of nitrogens with one attached hydrogen (secondary N) is 2. The zero-order valence-corrected chi connectivity index (χ0v) is 21.8. The number of hydrogen-bond acceptors (Lipinski definition) is 7. The molecule has 2 amide bonds. The summed E-state index contributed by atoms with van der Waals surface area (Å²) in [6.45, 7) is 5.07. The van der Waals surface area contributed by atoms with E-state index in [-0.39, 0.29) is 17.9 Å². The normalized spacial score (nSPS) is 17.2. The highest BCUT2D eigenvalue weighted by Crippen LogP contribution is 2.32. The first-order valence-electron chi connectivity index (χ1n) is 12.5. The zero-order valence-electron chi connectivity index (χ0n) is 21.1. The number of anilines is 1. The molecule has 1 saturated heterocycles. The lowest BCUT2D eigenvalue weighted by Crippen LogP contribution is -2.46. The Morgan fingerprint density at radius 2 is 1.97 bits per heavy atom. The van der Waals surface area contributed by atoms with Gasteiger partial charge in [0.05, 0.1) is 28.6 Å². The molecule has 0 saturated carbocycles. The molecule has 2 aliphatic heterocycles. The van der Waals surface area contributed by atoms with Gasteiger partial charge in [0.2, 0.25) is 17.8 Å². The fraction of sp³-hybridized carbons (Fsp3) is 0.370. The number of halogens is 2. The average molecular weight is 539 g/mol. The number of aromatic nitrogens is 3. The fourth-order valence-corrected chi connectivity index (χ4v) is 4.86. The summed E-state index contributed by atoms with van der Waals surface area (Å²) in [5, 5.41) is 6.53. The maximum absolute atomic E-state index is 13.5. The standard InChI is InChI=1S/C27H28ClFN6O3/c1-15(22-4-3-5-23(29)33-22)31-25(36)16(2)35-14-18-7-6-17(12-20(18)26(35)37)24-21(28)13-30-27(34-24)32-19-8-10-38-11-9-19/h3-7,12-13,15-16,19H,8-11,14H2,1-2H3,(H,31,36)(H,30,32,34). The second kappa shape index (κ2) is 11.0. The molecular weight excluding hydrogens is 511 g/mol. The van der Waals surface area contributed by atoms with Gasteiger partial charge in [-0.15, -0.1) is 0 Å². The summed E-state index contributed by atoms with van der Waals surface area (Å²) in [5.74, 6) is -0.760. The van der Waals surface area contributed by atoms with Crippen LogP contribution in [-0.2, 0) is 16.1 Å². The highest BCUT2D eigenvalue weighted by molar-refractivity contribution is 6.33. The molecule has 198 valence electrons. The van der Waals surface area contributed by atoms with Crippen molar-refractivity contribution < 1.29 is 18.7 Å². The van der Waals surface area contributed by atoms with E-state index in [0.29, 0.717) is 53.2 Å². The first-order valence-corrected chi connectivity index (χ1v) is 12.9. The van der Waals surface area contributed by atoms with E-state index in [9.17, 15) is 14.0 Å². The van der Waals surface area contributed by atoms with Gasteiger partial charge in [0.15, 0.2) is 0 Å². The molecule has 0 spiro atoms. The highest BCUT2D eigenvalue weighted by atomic mass is 35.5. The molecule has 3 aromatic rings. The van der Waals surface area contributed by atoms with E-state index in [1.54, 1.807) is 32.2 Å². The monoisotopic (exact) mass is 538 g/mol. The Bertz CT molecular complexity index is 1370. The number of hydrogen-bond donors (Lipinski definition) is 2. The highest BCUT2D eigenvalue weighted by Gasteiger charge is 2.34. The number of nitrogens with zero attached hydrogens (tertiary/aromatic N) is 4. The van der Waals surface area contributed by atoms with E-state index < -0.39 is 18.0 Å². The summed E-state index contributed by atoms with van der Waals surface area (Å²) in [4.78, 5) is 40.6. The van der Waals surface area contributed by atoms with Crippen LogP contribution in [0, 0.1) is 5.95 Å². The Balaban J connectivity index is 1.30. The van der Waals surface area contributed by atoms with Crippen molar-refractivity contribution in [2.75, 3.05) is 18.5 Å². The Morgan fingerprint density at radius 1 is 1.18 bits per heavy atom. The van der Waals surface area contributed by atoms with Crippen LogP contribution in [0.5, 0.6) is 0 Å². The molecule has 38 heavy (non-hydrogen) atoms. The van der Waals surface area contributed by atoms with E-state index in [1.807, 2.05) is 12.1 Å². The van der Waals surface area contributed by atoms with Crippen molar-refractivity contribution in [2.45, 2.75) is 51.4 Å². The summed E-state index contributed by atoms with van der Waals surface area (Å²) in [7, 11) is 0. The SMILES string of the molecule is CC(NC(=O)C(C)N1Cc2ccc(-c3nc(NC4CCOCC4)ncc3Cl)cc2C1=O)c1cccc(F)n1. The second-order valence-corrected chi connectivity index (χ2v) is 9.92. The third-order valence-electron chi connectivity index (χ3n) is 6.90. The van der Waals surface area contributed by atoms with Crippen LogP contribution < -0.4 is 10.6 Å². The van der Waals surface area contributed by atoms with Crippen molar-refractivity contribution in [1.82, 2.24) is 25.2 Å². The van der Waals surface area contributed by atoms with Crippen LogP contribution in [0.2, 0.25) is 5.02 Å². The predicted octanol–water partition coefficient (Wildman–Crippen LogP) is 4.14. The number of pyridine rings is 1. The number of ether oxygens (including phenoxy) is 1. The lowest BCUT2D eigenvalue weighted by atomic mass is 10.0. The molecule has 2 aromatic heterocycles. The molecule has 11 heteroatoms. The Hall–Kier alpha value is -3.63. The van der Waals surface area contributed by atoms with Crippen LogP contribution in [0.4, 0.5) is 10.3 Å². The van der Waals surface area contributed by atoms with E-state index in [1.165, 1.54) is 17.0 Å². The fourth-order valence-electron chi connectivity index (χ4n) is 4.66. The van der Waals surface area contributed by atoms with Gasteiger partial charge in [0, 0.05) is 36.9 Å². The van der Waals surface area contributed by atoms with Crippen LogP contribution in [0.1, 0.15) is 54.3 Å². The average Bonchev–Trinajstić information content (AvgIpc) is 3.25. The van der Waals surface area contributed by atoms with E-state index in [0.717, 1.165) is 18.4 Å². The third kappa shape index (κ3) is 5.46. The third-order valence-corrected chi connectivity index (χ3v) is 7.18. The summed E-state index contributed by atoms with van der Waals surface area (Å²) in [6.07, 6.45) is 3.29. The van der Waals surface area contributed by atoms with E-state index >= 15 is 0 Å². The molecule has 9 nitrogen and oxygen atoms in total. The van der Waals surface area contributed by atoms with E-state index in [2.05, 4.69) is 25.6 Å². The maximum Gasteiger partial charge on any atom is 0.255 e. The smallest absolute Gasteiger partial charge is 0.255 e. The molecule has 0 aliphatic carbocycles. The van der Waals surface area contributed by atoms with Crippen LogP contribution in [0.25, 0.3) is 11.3 Å². The molecular formula is C27H28ClFN6O3. The quantitative estimate of drug-likeness (QED) is 0.435. The maximum atomic E-state index is 13.5. The molecule has 2 N–H and O–H groups in total. The van der Waals surface area contributed by atoms with Crippen LogP contribution in [0.3, 0.4) is 0 Å². The summed E-state index contributed by atoms with van der Waals surface area (Å²) in [6, 6.07) is 8.86.